The Bertz CT molecular complexity index is 883. The topological polar surface area (TPSA) is 55.3 Å². The molecule has 5 nitrogen and oxygen atoms in total. The van der Waals surface area contributed by atoms with Crippen molar-refractivity contribution in [2.45, 2.75) is 44.9 Å². The van der Waals surface area contributed by atoms with Crippen LogP contribution in [0.2, 0.25) is 0 Å². The van der Waals surface area contributed by atoms with Crippen molar-refractivity contribution >= 4 is 5.91 Å². The second-order valence-corrected chi connectivity index (χ2v) is 7.84. The Morgan fingerprint density at radius 1 is 1.29 bits per heavy atom. The summed E-state index contributed by atoms with van der Waals surface area (Å²) in [6.07, 6.45) is 1.35. The van der Waals surface area contributed by atoms with E-state index in [1.165, 1.54) is 30.4 Å². The average Bonchev–Trinajstić information content (AvgIpc) is 2.66. The molecule has 1 amide bonds. The molecule has 1 aromatic carbocycles. The molecule has 1 aliphatic rings. The van der Waals surface area contributed by atoms with Crippen molar-refractivity contribution in [3.05, 3.63) is 47.2 Å². The molecule has 2 aromatic rings. The van der Waals surface area contributed by atoms with E-state index >= 15 is 0 Å². The number of rotatable bonds is 4. The summed E-state index contributed by atoms with van der Waals surface area (Å²) in [4.78, 5) is 18.0. The quantitative estimate of drug-likeness (QED) is 0.735. The number of hydroxylamine groups is 2. The van der Waals surface area contributed by atoms with E-state index < -0.39 is 17.0 Å². The van der Waals surface area contributed by atoms with Gasteiger partial charge in [0.25, 0.3) is 5.91 Å². The number of hydrogen-bond acceptors (Lipinski definition) is 4. The number of carbonyl (C=O) groups excluding carboxylic acids is 1. The summed E-state index contributed by atoms with van der Waals surface area (Å²) < 4.78 is 28.5. The Morgan fingerprint density at radius 3 is 2.50 bits per heavy atom. The molecule has 3 rings (SSSR count). The number of benzene rings is 1. The summed E-state index contributed by atoms with van der Waals surface area (Å²) in [7, 11) is 2.98. The highest BCUT2D eigenvalue weighted by Crippen LogP contribution is 2.46. The van der Waals surface area contributed by atoms with Crippen molar-refractivity contribution in [3.63, 3.8) is 0 Å². The van der Waals surface area contributed by atoms with Gasteiger partial charge in [0, 0.05) is 7.05 Å². The number of amides is 1. The smallest absolute Gasteiger partial charge is 0.257 e. The molecule has 150 valence electrons. The normalized spacial score (nSPS) is 21.5. The number of nitrogens with zero attached hydrogens (tertiary/aromatic N) is 3. The minimum atomic E-state index is -0.912. The van der Waals surface area contributed by atoms with Crippen LogP contribution >= 0.6 is 0 Å². The summed E-state index contributed by atoms with van der Waals surface area (Å²) in [5.41, 5.74) is 0.385. The zero-order valence-electron chi connectivity index (χ0n) is 16.8. The Hall–Kier alpha value is -2.41. The molecule has 7 heteroatoms. The van der Waals surface area contributed by atoms with Crippen LogP contribution in [0.15, 0.2) is 24.3 Å². The Morgan fingerprint density at radius 2 is 1.93 bits per heavy atom. The van der Waals surface area contributed by atoms with Crippen molar-refractivity contribution < 1.29 is 18.4 Å². The summed E-state index contributed by atoms with van der Waals surface area (Å²) in [6, 6.07) is 5.39. The fourth-order valence-electron chi connectivity index (χ4n) is 4.03. The van der Waals surface area contributed by atoms with Crippen LogP contribution in [0.25, 0.3) is 11.3 Å². The lowest BCUT2D eigenvalue weighted by Crippen LogP contribution is -2.46. The van der Waals surface area contributed by atoms with Crippen LogP contribution in [0.4, 0.5) is 8.78 Å². The SMILES string of the molecule is CON(C)C(=O)[C@@]1(C)CC[C@H](C(C)C)c2cc(-c3c(F)cccc3F)nnc21. The molecule has 0 N–H and O–H groups in total. The van der Waals surface area contributed by atoms with Gasteiger partial charge in [-0.3, -0.25) is 9.63 Å². The Kier molecular flexibility index (Phi) is 5.48. The number of fused-ring (bicyclic) bond motifs is 1. The van der Waals surface area contributed by atoms with Crippen LogP contribution in [0.1, 0.15) is 50.8 Å². The van der Waals surface area contributed by atoms with Crippen LogP contribution in [-0.4, -0.2) is 35.3 Å². The zero-order valence-corrected chi connectivity index (χ0v) is 16.8. The Labute approximate surface area is 163 Å². The van der Waals surface area contributed by atoms with Gasteiger partial charge in [-0.05, 0) is 55.4 Å². The van der Waals surface area contributed by atoms with Crippen LogP contribution in [0, 0.1) is 17.6 Å². The van der Waals surface area contributed by atoms with Gasteiger partial charge in [-0.1, -0.05) is 19.9 Å². The molecule has 0 unspecified atom stereocenters. The monoisotopic (exact) mass is 389 g/mol. The third-order valence-electron chi connectivity index (χ3n) is 5.76. The number of likely N-dealkylation sites (N-methyl/N-ethyl adjacent to an activating group) is 1. The van der Waals surface area contributed by atoms with Crippen molar-refractivity contribution in [1.29, 1.82) is 0 Å². The van der Waals surface area contributed by atoms with E-state index in [0.29, 0.717) is 12.1 Å². The van der Waals surface area contributed by atoms with Gasteiger partial charge in [0.1, 0.15) is 11.6 Å². The summed E-state index contributed by atoms with van der Waals surface area (Å²) in [5, 5.41) is 9.60. The van der Waals surface area contributed by atoms with Crippen molar-refractivity contribution in [2.24, 2.45) is 5.92 Å². The second kappa shape index (κ2) is 7.54. The van der Waals surface area contributed by atoms with Crippen molar-refractivity contribution in [2.75, 3.05) is 14.2 Å². The first-order valence-electron chi connectivity index (χ1n) is 9.35. The van der Waals surface area contributed by atoms with E-state index in [4.69, 9.17) is 4.84 Å². The van der Waals surface area contributed by atoms with E-state index in [1.807, 2.05) is 6.92 Å². The number of hydrogen-bond donors (Lipinski definition) is 0. The highest BCUT2D eigenvalue weighted by molar-refractivity contribution is 5.87. The molecule has 0 bridgehead atoms. The summed E-state index contributed by atoms with van der Waals surface area (Å²) in [5.74, 6) is -1.21. The van der Waals surface area contributed by atoms with Gasteiger partial charge in [-0.25, -0.2) is 13.8 Å². The van der Waals surface area contributed by atoms with Crippen molar-refractivity contribution in [3.8, 4) is 11.3 Å². The molecule has 0 saturated heterocycles. The number of carbonyl (C=O) groups is 1. The minimum Gasteiger partial charge on any atom is -0.275 e. The van der Waals surface area contributed by atoms with E-state index in [1.54, 1.807) is 13.1 Å². The average molecular weight is 389 g/mol. The third-order valence-corrected chi connectivity index (χ3v) is 5.76. The maximum atomic E-state index is 14.3. The van der Waals surface area contributed by atoms with Gasteiger partial charge < -0.3 is 0 Å². The molecular formula is C21H25F2N3O2. The fourth-order valence-corrected chi connectivity index (χ4v) is 4.03. The standard InChI is InChI=1S/C21H25F2N3O2/c1-12(2)13-9-10-21(3,20(27)26(4)28-5)19-14(13)11-17(24-25-19)18-15(22)7-6-8-16(18)23/h6-8,11-13H,9-10H2,1-5H3/t13-,21+/m1/s1. The first-order chi connectivity index (χ1) is 13.2. The molecule has 28 heavy (non-hydrogen) atoms. The summed E-state index contributed by atoms with van der Waals surface area (Å²) >= 11 is 0. The lowest BCUT2D eigenvalue weighted by atomic mass is 9.67. The van der Waals surface area contributed by atoms with E-state index in [2.05, 4.69) is 24.0 Å². The first-order valence-corrected chi connectivity index (χ1v) is 9.35. The van der Waals surface area contributed by atoms with Gasteiger partial charge >= 0.3 is 0 Å². The lowest BCUT2D eigenvalue weighted by molar-refractivity contribution is -0.175. The Balaban J connectivity index is 2.19. The third kappa shape index (κ3) is 3.28. The minimum absolute atomic E-state index is 0.118. The van der Waals surface area contributed by atoms with Gasteiger partial charge in [0.15, 0.2) is 0 Å². The molecule has 0 aliphatic heterocycles. The van der Waals surface area contributed by atoms with E-state index in [0.717, 1.165) is 12.0 Å². The van der Waals surface area contributed by atoms with Crippen LogP contribution in [0.5, 0.6) is 0 Å². The molecule has 1 heterocycles. The highest BCUT2D eigenvalue weighted by atomic mass is 19.1. The van der Waals surface area contributed by atoms with Gasteiger partial charge in [0.05, 0.1) is 29.5 Å². The van der Waals surface area contributed by atoms with Crippen LogP contribution in [-0.2, 0) is 15.0 Å². The maximum Gasteiger partial charge on any atom is 0.257 e. The van der Waals surface area contributed by atoms with E-state index in [-0.39, 0.29) is 29.0 Å². The molecule has 1 aromatic heterocycles. The van der Waals surface area contributed by atoms with Gasteiger partial charge in [-0.15, -0.1) is 5.10 Å². The van der Waals surface area contributed by atoms with Crippen molar-refractivity contribution in [1.82, 2.24) is 15.3 Å². The van der Waals surface area contributed by atoms with Crippen LogP contribution < -0.4 is 0 Å². The number of halogens is 2. The van der Waals surface area contributed by atoms with Gasteiger partial charge in [-0.2, -0.15) is 5.10 Å². The molecule has 2 atom stereocenters. The lowest BCUT2D eigenvalue weighted by Gasteiger charge is -2.39. The molecule has 0 radical (unpaired) electrons. The summed E-state index contributed by atoms with van der Waals surface area (Å²) in [6.45, 7) is 5.99. The number of aromatic nitrogens is 2. The fraction of sp³-hybridized carbons (Fsp3) is 0.476. The highest BCUT2D eigenvalue weighted by Gasteiger charge is 2.46. The largest absolute Gasteiger partial charge is 0.275 e. The predicted molar refractivity (Wildman–Crippen MR) is 101 cm³/mol. The van der Waals surface area contributed by atoms with Crippen LogP contribution in [0.3, 0.4) is 0 Å². The second-order valence-electron chi connectivity index (χ2n) is 7.84. The molecule has 0 saturated carbocycles. The molecule has 1 aliphatic carbocycles. The van der Waals surface area contributed by atoms with E-state index in [9.17, 15) is 13.6 Å². The first kappa shape index (κ1) is 20.3. The molecule has 0 spiro atoms. The van der Waals surface area contributed by atoms with Gasteiger partial charge in [0.2, 0.25) is 0 Å². The predicted octanol–water partition coefficient (Wildman–Crippen LogP) is 4.23. The maximum absolute atomic E-state index is 14.3. The zero-order chi connectivity index (χ0) is 20.6. The molecule has 0 fully saturated rings. The molecular weight excluding hydrogens is 364 g/mol.